The van der Waals surface area contributed by atoms with Gasteiger partial charge in [0.2, 0.25) is 0 Å². The molecule has 2 rings (SSSR count). The fourth-order valence-electron chi connectivity index (χ4n) is 3.30. The van der Waals surface area contributed by atoms with E-state index >= 15 is 0 Å². The number of rotatable bonds is 7. The SMILES string of the molecule is COCCNc1ccc(C(=O)NC2CCCC(C)C2C)cc1[N+](=O)[O-]. The fourth-order valence-corrected chi connectivity index (χ4v) is 3.30. The van der Waals surface area contributed by atoms with Gasteiger partial charge < -0.3 is 15.4 Å². The lowest BCUT2D eigenvalue weighted by atomic mass is 9.78. The second kappa shape index (κ2) is 8.80. The highest BCUT2D eigenvalue weighted by Gasteiger charge is 2.28. The molecule has 3 atom stereocenters. The van der Waals surface area contributed by atoms with Crippen LogP contribution in [0.25, 0.3) is 0 Å². The minimum absolute atomic E-state index is 0.103. The predicted molar refractivity (Wildman–Crippen MR) is 96.9 cm³/mol. The average Bonchev–Trinajstić information content (AvgIpc) is 2.59. The van der Waals surface area contributed by atoms with Gasteiger partial charge in [-0.05, 0) is 30.4 Å². The number of ether oxygens (including phenoxy) is 1. The van der Waals surface area contributed by atoms with Crippen LogP contribution in [0.15, 0.2) is 18.2 Å². The van der Waals surface area contributed by atoms with Gasteiger partial charge in [-0.2, -0.15) is 0 Å². The Labute approximate surface area is 148 Å². The predicted octanol–water partition coefficient (Wildman–Crippen LogP) is 3.21. The second-order valence-electron chi connectivity index (χ2n) is 6.76. The summed E-state index contributed by atoms with van der Waals surface area (Å²) in [6.07, 6.45) is 3.23. The lowest BCUT2D eigenvalue weighted by molar-refractivity contribution is -0.384. The first-order valence-corrected chi connectivity index (χ1v) is 8.76. The average molecular weight is 349 g/mol. The Morgan fingerprint density at radius 2 is 2.12 bits per heavy atom. The van der Waals surface area contributed by atoms with Crippen molar-refractivity contribution in [1.29, 1.82) is 0 Å². The van der Waals surface area contributed by atoms with Gasteiger partial charge in [0.15, 0.2) is 0 Å². The van der Waals surface area contributed by atoms with E-state index in [1.807, 2.05) is 0 Å². The van der Waals surface area contributed by atoms with E-state index in [2.05, 4.69) is 24.5 Å². The van der Waals surface area contributed by atoms with Crippen molar-refractivity contribution in [3.8, 4) is 0 Å². The van der Waals surface area contributed by atoms with E-state index in [0.717, 1.165) is 12.8 Å². The van der Waals surface area contributed by atoms with Gasteiger partial charge in [0, 0.05) is 31.3 Å². The van der Waals surface area contributed by atoms with E-state index in [9.17, 15) is 14.9 Å². The summed E-state index contributed by atoms with van der Waals surface area (Å²) >= 11 is 0. The van der Waals surface area contributed by atoms with Crippen molar-refractivity contribution in [3.63, 3.8) is 0 Å². The molecule has 1 saturated carbocycles. The number of nitrogens with zero attached hydrogens (tertiary/aromatic N) is 1. The van der Waals surface area contributed by atoms with Gasteiger partial charge >= 0.3 is 0 Å². The summed E-state index contributed by atoms with van der Waals surface area (Å²) in [4.78, 5) is 23.4. The van der Waals surface area contributed by atoms with Gasteiger partial charge in [-0.3, -0.25) is 14.9 Å². The Kier molecular flexibility index (Phi) is 6.75. The van der Waals surface area contributed by atoms with Crippen LogP contribution in [0.1, 0.15) is 43.5 Å². The number of carbonyl (C=O) groups excluding carboxylic acids is 1. The molecule has 1 aliphatic carbocycles. The number of hydrogen-bond acceptors (Lipinski definition) is 5. The molecule has 2 N–H and O–H groups in total. The van der Waals surface area contributed by atoms with Crippen molar-refractivity contribution in [2.24, 2.45) is 11.8 Å². The van der Waals surface area contributed by atoms with Crippen molar-refractivity contribution in [2.45, 2.75) is 39.2 Å². The van der Waals surface area contributed by atoms with Crippen LogP contribution in [-0.2, 0) is 4.74 Å². The third kappa shape index (κ3) is 4.92. The number of carbonyl (C=O) groups is 1. The van der Waals surface area contributed by atoms with Crippen molar-refractivity contribution >= 4 is 17.3 Å². The number of nitro groups is 1. The molecule has 0 saturated heterocycles. The van der Waals surface area contributed by atoms with Gasteiger partial charge in [-0.15, -0.1) is 0 Å². The third-order valence-electron chi connectivity index (χ3n) is 5.10. The van der Waals surface area contributed by atoms with Crippen LogP contribution < -0.4 is 10.6 Å². The molecular formula is C18H27N3O4. The molecule has 1 aromatic carbocycles. The van der Waals surface area contributed by atoms with Crippen LogP contribution in [0, 0.1) is 22.0 Å². The summed E-state index contributed by atoms with van der Waals surface area (Å²) in [6.45, 7) is 5.26. The Hall–Kier alpha value is -2.15. The quantitative estimate of drug-likeness (QED) is 0.448. The largest absolute Gasteiger partial charge is 0.383 e. The molecule has 7 nitrogen and oxygen atoms in total. The zero-order valence-corrected chi connectivity index (χ0v) is 15.1. The molecule has 0 radical (unpaired) electrons. The molecule has 1 amide bonds. The zero-order chi connectivity index (χ0) is 18.4. The first-order chi connectivity index (χ1) is 11.9. The summed E-state index contributed by atoms with van der Waals surface area (Å²) in [5.41, 5.74) is 0.599. The Morgan fingerprint density at radius 3 is 2.80 bits per heavy atom. The minimum atomic E-state index is -0.475. The Bertz CT molecular complexity index is 620. The molecule has 0 aliphatic heterocycles. The molecule has 3 unspecified atom stereocenters. The Balaban J connectivity index is 2.11. The lowest BCUT2D eigenvalue weighted by Gasteiger charge is -2.34. The molecule has 1 aliphatic rings. The molecule has 7 heteroatoms. The molecule has 0 bridgehead atoms. The van der Waals surface area contributed by atoms with Crippen LogP contribution in [0.5, 0.6) is 0 Å². The van der Waals surface area contributed by atoms with E-state index in [1.54, 1.807) is 19.2 Å². The number of anilines is 1. The maximum absolute atomic E-state index is 12.5. The van der Waals surface area contributed by atoms with Crippen LogP contribution in [0.2, 0.25) is 0 Å². The number of methoxy groups -OCH3 is 1. The van der Waals surface area contributed by atoms with Crippen molar-refractivity contribution in [1.82, 2.24) is 5.32 Å². The second-order valence-corrected chi connectivity index (χ2v) is 6.76. The fraction of sp³-hybridized carbons (Fsp3) is 0.611. The van der Waals surface area contributed by atoms with E-state index in [-0.39, 0.29) is 17.6 Å². The molecule has 0 aromatic heterocycles. The summed E-state index contributed by atoms with van der Waals surface area (Å²) in [5, 5.41) is 17.3. The molecule has 138 valence electrons. The first-order valence-electron chi connectivity index (χ1n) is 8.76. The van der Waals surface area contributed by atoms with Gasteiger partial charge in [-0.1, -0.05) is 26.7 Å². The monoisotopic (exact) mass is 349 g/mol. The van der Waals surface area contributed by atoms with Crippen molar-refractivity contribution in [3.05, 3.63) is 33.9 Å². The normalized spacial score (nSPS) is 23.1. The summed E-state index contributed by atoms with van der Waals surface area (Å²) < 4.78 is 4.93. The highest BCUT2D eigenvalue weighted by atomic mass is 16.6. The van der Waals surface area contributed by atoms with E-state index in [0.29, 0.717) is 36.2 Å². The van der Waals surface area contributed by atoms with Crippen molar-refractivity contribution in [2.75, 3.05) is 25.6 Å². The number of hydrogen-bond donors (Lipinski definition) is 2. The number of amides is 1. The lowest BCUT2D eigenvalue weighted by Crippen LogP contribution is -2.43. The first kappa shape index (κ1) is 19.2. The smallest absolute Gasteiger partial charge is 0.293 e. The standard InChI is InChI=1S/C18H27N3O4/c1-12-5-4-6-15(13(12)2)20-18(22)14-7-8-16(19-9-10-25-3)17(11-14)21(23)24/h7-8,11-13,15,19H,4-6,9-10H2,1-3H3,(H,20,22). The number of benzene rings is 1. The van der Waals surface area contributed by atoms with E-state index < -0.39 is 4.92 Å². The minimum Gasteiger partial charge on any atom is -0.383 e. The van der Waals surface area contributed by atoms with E-state index in [1.165, 1.54) is 12.5 Å². The molecule has 0 spiro atoms. The topological polar surface area (TPSA) is 93.5 Å². The van der Waals surface area contributed by atoms with Crippen LogP contribution in [-0.4, -0.2) is 37.1 Å². The van der Waals surface area contributed by atoms with E-state index in [4.69, 9.17) is 4.74 Å². The van der Waals surface area contributed by atoms with Crippen LogP contribution >= 0.6 is 0 Å². The maximum atomic E-state index is 12.5. The molecular weight excluding hydrogens is 322 g/mol. The molecule has 1 fully saturated rings. The number of nitro benzene ring substituents is 1. The van der Waals surface area contributed by atoms with Gasteiger partial charge in [-0.25, -0.2) is 0 Å². The highest BCUT2D eigenvalue weighted by Crippen LogP contribution is 2.30. The Morgan fingerprint density at radius 1 is 1.36 bits per heavy atom. The summed E-state index contributed by atoms with van der Waals surface area (Å²) in [7, 11) is 1.57. The zero-order valence-electron chi connectivity index (χ0n) is 15.1. The van der Waals surface area contributed by atoms with Gasteiger partial charge in [0.25, 0.3) is 11.6 Å². The summed E-state index contributed by atoms with van der Waals surface area (Å²) in [6, 6.07) is 4.65. The van der Waals surface area contributed by atoms with Crippen LogP contribution in [0.4, 0.5) is 11.4 Å². The molecule has 0 heterocycles. The molecule has 25 heavy (non-hydrogen) atoms. The molecule has 1 aromatic rings. The van der Waals surface area contributed by atoms with Crippen molar-refractivity contribution < 1.29 is 14.5 Å². The van der Waals surface area contributed by atoms with Gasteiger partial charge in [0.1, 0.15) is 5.69 Å². The maximum Gasteiger partial charge on any atom is 0.293 e. The third-order valence-corrected chi connectivity index (χ3v) is 5.10. The summed E-state index contributed by atoms with van der Waals surface area (Å²) in [5.74, 6) is 0.723. The number of nitrogens with one attached hydrogen (secondary N) is 2. The van der Waals surface area contributed by atoms with Crippen LogP contribution in [0.3, 0.4) is 0 Å². The van der Waals surface area contributed by atoms with Gasteiger partial charge in [0.05, 0.1) is 11.5 Å². The highest BCUT2D eigenvalue weighted by molar-refractivity contribution is 5.96.